The Morgan fingerprint density at radius 1 is 1.50 bits per heavy atom. The van der Waals surface area contributed by atoms with Crippen LogP contribution in [0.4, 0.5) is 5.69 Å². The van der Waals surface area contributed by atoms with Crippen LogP contribution in [0, 0.1) is 0 Å². The maximum absolute atomic E-state index is 10.9. The van der Waals surface area contributed by atoms with Crippen LogP contribution in [0.2, 0.25) is 0 Å². The van der Waals surface area contributed by atoms with Crippen molar-refractivity contribution in [2.45, 2.75) is 12.0 Å². The van der Waals surface area contributed by atoms with Gasteiger partial charge in [0.25, 0.3) is 0 Å². The second-order valence-corrected chi connectivity index (χ2v) is 3.39. The molecule has 14 heavy (non-hydrogen) atoms. The zero-order chi connectivity index (χ0) is 10.1. The standard InChI is InChI=1S/C10H12N2O2/c11-5-7-6-3-1-2-4-8(6)12-9(7)10(13)14/h1-4,7,9,12H,5,11H2,(H,13,14). The van der Waals surface area contributed by atoms with Crippen LogP contribution in [0.15, 0.2) is 24.3 Å². The molecule has 1 aromatic carbocycles. The third-order valence-electron chi connectivity index (χ3n) is 2.59. The molecule has 0 radical (unpaired) electrons. The molecule has 0 saturated carbocycles. The van der Waals surface area contributed by atoms with E-state index in [-0.39, 0.29) is 5.92 Å². The number of fused-ring (bicyclic) bond motifs is 1. The van der Waals surface area contributed by atoms with Gasteiger partial charge in [-0.1, -0.05) is 18.2 Å². The first-order valence-electron chi connectivity index (χ1n) is 4.52. The van der Waals surface area contributed by atoms with Crippen molar-refractivity contribution in [3.8, 4) is 0 Å². The molecular formula is C10H12N2O2. The van der Waals surface area contributed by atoms with Crippen LogP contribution in [0.25, 0.3) is 0 Å². The summed E-state index contributed by atoms with van der Waals surface area (Å²) in [6, 6.07) is 6.98. The molecule has 4 nitrogen and oxygen atoms in total. The summed E-state index contributed by atoms with van der Waals surface area (Å²) < 4.78 is 0. The van der Waals surface area contributed by atoms with Crippen molar-refractivity contribution < 1.29 is 9.90 Å². The summed E-state index contributed by atoms with van der Waals surface area (Å²) in [5.74, 6) is -0.972. The van der Waals surface area contributed by atoms with Gasteiger partial charge in [-0.2, -0.15) is 0 Å². The summed E-state index contributed by atoms with van der Waals surface area (Å²) in [6.45, 7) is 0.348. The second-order valence-electron chi connectivity index (χ2n) is 3.39. The minimum absolute atomic E-state index is 0.122. The van der Waals surface area contributed by atoms with Gasteiger partial charge in [-0.15, -0.1) is 0 Å². The number of hydrogen-bond donors (Lipinski definition) is 3. The van der Waals surface area contributed by atoms with Crippen LogP contribution in [0.5, 0.6) is 0 Å². The maximum atomic E-state index is 10.9. The lowest BCUT2D eigenvalue weighted by Crippen LogP contribution is -2.33. The van der Waals surface area contributed by atoms with Gasteiger partial charge in [-0.25, -0.2) is 4.79 Å². The first kappa shape index (κ1) is 9.02. The number of benzene rings is 1. The highest BCUT2D eigenvalue weighted by Gasteiger charge is 2.35. The van der Waals surface area contributed by atoms with Crippen LogP contribution in [0.3, 0.4) is 0 Å². The fourth-order valence-corrected chi connectivity index (χ4v) is 1.90. The van der Waals surface area contributed by atoms with E-state index in [9.17, 15) is 4.79 Å². The molecule has 2 unspecified atom stereocenters. The highest BCUT2D eigenvalue weighted by Crippen LogP contribution is 2.34. The Morgan fingerprint density at radius 2 is 2.21 bits per heavy atom. The molecule has 4 heteroatoms. The van der Waals surface area contributed by atoms with Crippen molar-refractivity contribution in [3.05, 3.63) is 29.8 Å². The molecule has 2 atom stereocenters. The van der Waals surface area contributed by atoms with E-state index in [1.807, 2.05) is 24.3 Å². The maximum Gasteiger partial charge on any atom is 0.326 e. The van der Waals surface area contributed by atoms with Gasteiger partial charge in [-0.05, 0) is 11.6 Å². The molecule has 0 aliphatic carbocycles. The number of carbonyl (C=O) groups is 1. The molecule has 1 aliphatic heterocycles. The first-order valence-corrected chi connectivity index (χ1v) is 4.52. The van der Waals surface area contributed by atoms with Crippen molar-refractivity contribution in [2.75, 3.05) is 11.9 Å². The molecular weight excluding hydrogens is 180 g/mol. The lowest BCUT2D eigenvalue weighted by molar-refractivity contribution is -0.138. The number of aliphatic carboxylic acids is 1. The number of hydrogen-bond acceptors (Lipinski definition) is 3. The topological polar surface area (TPSA) is 75.3 Å². The van der Waals surface area contributed by atoms with Crippen molar-refractivity contribution in [3.63, 3.8) is 0 Å². The third-order valence-corrected chi connectivity index (χ3v) is 2.59. The summed E-state index contributed by atoms with van der Waals surface area (Å²) in [5, 5.41) is 11.9. The number of nitrogens with one attached hydrogen (secondary N) is 1. The van der Waals surface area contributed by atoms with E-state index in [4.69, 9.17) is 10.8 Å². The van der Waals surface area contributed by atoms with Gasteiger partial charge < -0.3 is 16.2 Å². The first-order chi connectivity index (χ1) is 6.74. The molecule has 4 N–H and O–H groups in total. The van der Waals surface area contributed by atoms with E-state index in [1.54, 1.807) is 0 Å². The Hall–Kier alpha value is -1.55. The Kier molecular flexibility index (Phi) is 2.13. The lowest BCUT2D eigenvalue weighted by Gasteiger charge is -2.13. The molecule has 0 spiro atoms. The number of anilines is 1. The quantitative estimate of drug-likeness (QED) is 0.641. The smallest absolute Gasteiger partial charge is 0.326 e. The van der Waals surface area contributed by atoms with Crippen LogP contribution in [0.1, 0.15) is 11.5 Å². The Morgan fingerprint density at radius 3 is 2.86 bits per heavy atom. The van der Waals surface area contributed by atoms with Crippen molar-refractivity contribution >= 4 is 11.7 Å². The fourth-order valence-electron chi connectivity index (χ4n) is 1.90. The summed E-state index contributed by atoms with van der Waals surface area (Å²) in [5.41, 5.74) is 7.46. The molecule has 74 valence electrons. The number of carboxylic acids is 1. The number of nitrogens with two attached hydrogens (primary N) is 1. The predicted molar refractivity (Wildman–Crippen MR) is 53.3 cm³/mol. The van der Waals surface area contributed by atoms with Crippen LogP contribution < -0.4 is 11.1 Å². The zero-order valence-electron chi connectivity index (χ0n) is 7.60. The fraction of sp³-hybridized carbons (Fsp3) is 0.300. The Labute approximate surface area is 81.7 Å². The van der Waals surface area contributed by atoms with Crippen LogP contribution in [-0.2, 0) is 4.79 Å². The average molecular weight is 192 g/mol. The number of carboxylic acid groups (broad SMARTS) is 1. The molecule has 0 fully saturated rings. The monoisotopic (exact) mass is 192 g/mol. The van der Waals surface area contributed by atoms with Crippen LogP contribution in [-0.4, -0.2) is 23.7 Å². The second kappa shape index (κ2) is 3.31. The molecule has 0 aromatic heterocycles. The van der Waals surface area contributed by atoms with Crippen molar-refractivity contribution in [1.29, 1.82) is 0 Å². The lowest BCUT2D eigenvalue weighted by atomic mass is 9.95. The molecule has 1 aromatic rings. The highest BCUT2D eigenvalue weighted by molar-refractivity contribution is 5.82. The van der Waals surface area contributed by atoms with Gasteiger partial charge in [0.05, 0.1) is 0 Å². The minimum Gasteiger partial charge on any atom is -0.480 e. The molecule has 2 rings (SSSR count). The van der Waals surface area contributed by atoms with Gasteiger partial charge in [-0.3, -0.25) is 0 Å². The van der Waals surface area contributed by atoms with Crippen molar-refractivity contribution in [1.82, 2.24) is 0 Å². The molecule has 1 heterocycles. The normalized spacial score (nSPS) is 24.1. The minimum atomic E-state index is -0.850. The summed E-state index contributed by atoms with van der Waals surface area (Å²) >= 11 is 0. The molecule has 0 saturated heterocycles. The summed E-state index contributed by atoms with van der Waals surface area (Å²) in [4.78, 5) is 10.9. The van der Waals surface area contributed by atoms with Gasteiger partial charge >= 0.3 is 5.97 Å². The molecule has 0 bridgehead atoms. The van der Waals surface area contributed by atoms with E-state index in [2.05, 4.69) is 5.32 Å². The van der Waals surface area contributed by atoms with E-state index >= 15 is 0 Å². The number of rotatable bonds is 2. The van der Waals surface area contributed by atoms with Gasteiger partial charge in [0.2, 0.25) is 0 Å². The van der Waals surface area contributed by atoms with E-state index in [0.717, 1.165) is 11.3 Å². The Bertz CT molecular complexity index is 365. The molecule has 0 amide bonds. The van der Waals surface area contributed by atoms with E-state index in [0.29, 0.717) is 6.54 Å². The van der Waals surface area contributed by atoms with E-state index in [1.165, 1.54) is 0 Å². The summed E-state index contributed by atoms with van der Waals surface area (Å²) in [7, 11) is 0. The van der Waals surface area contributed by atoms with Gasteiger partial charge in [0.15, 0.2) is 0 Å². The van der Waals surface area contributed by atoms with E-state index < -0.39 is 12.0 Å². The van der Waals surface area contributed by atoms with Crippen molar-refractivity contribution in [2.24, 2.45) is 5.73 Å². The average Bonchev–Trinajstić information content (AvgIpc) is 2.56. The Balaban J connectivity index is 2.38. The van der Waals surface area contributed by atoms with Gasteiger partial charge in [0.1, 0.15) is 6.04 Å². The number of para-hydroxylation sites is 1. The van der Waals surface area contributed by atoms with Crippen LogP contribution >= 0.6 is 0 Å². The SMILES string of the molecule is NCC1c2ccccc2NC1C(=O)O. The largest absolute Gasteiger partial charge is 0.480 e. The molecule has 1 aliphatic rings. The summed E-state index contributed by atoms with van der Waals surface area (Å²) in [6.07, 6.45) is 0. The highest BCUT2D eigenvalue weighted by atomic mass is 16.4. The third kappa shape index (κ3) is 1.24. The predicted octanol–water partition coefficient (Wildman–Crippen LogP) is 0.608. The van der Waals surface area contributed by atoms with Gasteiger partial charge in [0, 0.05) is 18.2 Å². The zero-order valence-corrected chi connectivity index (χ0v) is 7.60.